The maximum absolute atomic E-state index is 13.4. The number of hydrogen-bond acceptors (Lipinski definition) is 2. The van der Waals surface area contributed by atoms with Crippen molar-refractivity contribution in [2.75, 3.05) is 6.54 Å². The van der Waals surface area contributed by atoms with Crippen LogP contribution >= 0.6 is 0 Å². The molecule has 104 valence electrons. The van der Waals surface area contributed by atoms with Crippen molar-refractivity contribution in [2.24, 2.45) is 7.05 Å². The third-order valence-corrected chi connectivity index (χ3v) is 2.99. The lowest BCUT2D eigenvalue weighted by atomic mass is 10.1. The monoisotopic (exact) mass is 274 g/mol. The Bertz CT molecular complexity index is 680. The first kappa shape index (κ1) is 14.0. The smallest absolute Gasteiger partial charge is 0.252 e. The van der Waals surface area contributed by atoms with Gasteiger partial charge in [0.05, 0.1) is 5.56 Å². The van der Waals surface area contributed by atoms with Crippen molar-refractivity contribution in [1.82, 2.24) is 9.88 Å². The molecule has 0 aliphatic heterocycles. The molecule has 1 aromatic carbocycles. The highest BCUT2D eigenvalue weighted by Crippen LogP contribution is 2.06. The van der Waals surface area contributed by atoms with E-state index in [0.717, 1.165) is 0 Å². The van der Waals surface area contributed by atoms with Crippen molar-refractivity contribution in [3.8, 4) is 0 Å². The Balaban J connectivity index is 1.94. The largest absolute Gasteiger partial charge is 0.352 e. The predicted octanol–water partition coefficient (Wildman–Crippen LogP) is 1.50. The van der Waals surface area contributed by atoms with Crippen molar-refractivity contribution < 1.29 is 9.18 Å². The van der Waals surface area contributed by atoms with Crippen molar-refractivity contribution in [3.05, 3.63) is 69.9 Å². The van der Waals surface area contributed by atoms with Gasteiger partial charge in [0.25, 0.3) is 5.91 Å². The predicted molar refractivity (Wildman–Crippen MR) is 74.1 cm³/mol. The lowest BCUT2D eigenvalue weighted by Crippen LogP contribution is -2.27. The number of hydrogen-bond donors (Lipinski definition) is 1. The molecule has 0 radical (unpaired) electrons. The molecule has 1 N–H and O–H groups in total. The number of nitrogens with zero attached hydrogens (tertiary/aromatic N) is 1. The Labute approximate surface area is 115 Å². The van der Waals surface area contributed by atoms with Crippen LogP contribution in [0, 0.1) is 5.82 Å². The van der Waals surface area contributed by atoms with Crippen molar-refractivity contribution >= 4 is 5.91 Å². The molecule has 0 spiro atoms. The van der Waals surface area contributed by atoms with E-state index in [1.807, 2.05) is 0 Å². The van der Waals surface area contributed by atoms with Crippen LogP contribution in [0.5, 0.6) is 0 Å². The molecule has 0 saturated carbocycles. The van der Waals surface area contributed by atoms with Crippen molar-refractivity contribution in [1.29, 1.82) is 0 Å². The summed E-state index contributed by atoms with van der Waals surface area (Å²) < 4.78 is 14.7. The van der Waals surface area contributed by atoms with Gasteiger partial charge in [-0.05, 0) is 24.1 Å². The molecule has 0 bridgehead atoms. The van der Waals surface area contributed by atoms with Crippen LogP contribution in [-0.4, -0.2) is 17.0 Å². The minimum atomic E-state index is -0.281. The van der Waals surface area contributed by atoms with Crippen molar-refractivity contribution in [2.45, 2.75) is 6.42 Å². The Hall–Kier alpha value is -2.43. The lowest BCUT2D eigenvalue weighted by molar-refractivity contribution is 0.0953. The molecule has 1 amide bonds. The molecule has 20 heavy (non-hydrogen) atoms. The van der Waals surface area contributed by atoms with Gasteiger partial charge in [0.15, 0.2) is 0 Å². The van der Waals surface area contributed by atoms with Crippen LogP contribution in [0.1, 0.15) is 15.9 Å². The SMILES string of the molecule is Cn1cc(C(=O)NCCc2ccccc2F)ccc1=O. The summed E-state index contributed by atoms with van der Waals surface area (Å²) in [6, 6.07) is 9.28. The van der Waals surface area contributed by atoms with Crippen LogP contribution in [0.25, 0.3) is 0 Å². The number of pyridine rings is 1. The minimum Gasteiger partial charge on any atom is -0.352 e. The number of halogens is 1. The van der Waals surface area contributed by atoms with Crippen LogP contribution in [0.2, 0.25) is 0 Å². The highest BCUT2D eigenvalue weighted by atomic mass is 19.1. The fourth-order valence-electron chi connectivity index (χ4n) is 1.84. The van der Waals surface area contributed by atoms with Gasteiger partial charge in [0.2, 0.25) is 5.56 Å². The summed E-state index contributed by atoms with van der Waals surface area (Å²) >= 11 is 0. The number of amides is 1. The van der Waals surface area contributed by atoms with E-state index in [0.29, 0.717) is 24.1 Å². The van der Waals surface area contributed by atoms with E-state index in [1.165, 1.54) is 29.0 Å². The number of rotatable bonds is 4. The molecule has 0 aliphatic rings. The minimum absolute atomic E-state index is 0.173. The average Bonchev–Trinajstić information content (AvgIpc) is 2.44. The second-order valence-corrected chi connectivity index (χ2v) is 4.46. The van der Waals surface area contributed by atoms with Gasteiger partial charge in [0.1, 0.15) is 5.82 Å². The van der Waals surface area contributed by atoms with Gasteiger partial charge in [0, 0.05) is 25.9 Å². The Kier molecular flexibility index (Phi) is 4.30. The molecule has 5 heteroatoms. The van der Waals surface area contributed by atoms with E-state index in [9.17, 15) is 14.0 Å². The number of carbonyl (C=O) groups excluding carboxylic acids is 1. The van der Waals surface area contributed by atoms with E-state index in [4.69, 9.17) is 0 Å². The van der Waals surface area contributed by atoms with E-state index < -0.39 is 0 Å². The van der Waals surface area contributed by atoms with E-state index in [-0.39, 0.29) is 17.3 Å². The number of aromatic nitrogens is 1. The average molecular weight is 274 g/mol. The first-order valence-electron chi connectivity index (χ1n) is 6.26. The fourth-order valence-corrected chi connectivity index (χ4v) is 1.84. The second-order valence-electron chi connectivity index (χ2n) is 4.46. The normalized spacial score (nSPS) is 10.3. The zero-order chi connectivity index (χ0) is 14.5. The van der Waals surface area contributed by atoms with Gasteiger partial charge < -0.3 is 9.88 Å². The van der Waals surface area contributed by atoms with Gasteiger partial charge in [-0.15, -0.1) is 0 Å². The number of benzene rings is 1. The topological polar surface area (TPSA) is 51.1 Å². The third kappa shape index (κ3) is 3.32. The summed E-state index contributed by atoms with van der Waals surface area (Å²) in [5.74, 6) is -0.555. The highest BCUT2D eigenvalue weighted by Gasteiger charge is 2.07. The Morgan fingerprint density at radius 2 is 2.00 bits per heavy atom. The van der Waals surface area contributed by atoms with Gasteiger partial charge in [-0.3, -0.25) is 9.59 Å². The van der Waals surface area contributed by atoms with Crippen LogP contribution < -0.4 is 10.9 Å². The Morgan fingerprint density at radius 1 is 1.25 bits per heavy atom. The molecule has 4 nitrogen and oxygen atoms in total. The summed E-state index contributed by atoms with van der Waals surface area (Å²) in [5, 5.41) is 2.70. The molecule has 2 aromatic rings. The maximum atomic E-state index is 13.4. The van der Waals surface area contributed by atoms with E-state index >= 15 is 0 Å². The molecule has 1 aromatic heterocycles. The number of nitrogens with one attached hydrogen (secondary N) is 1. The summed E-state index contributed by atoms with van der Waals surface area (Å²) in [4.78, 5) is 23.1. The molecule has 0 aliphatic carbocycles. The molecule has 0 unspecified atom stereocenters. The quantitative estimate of drug-likeness (QED) is 0.918. The Morgan fingerprint density at radius 3 is 2.70 bits per heavy atom. The maximum Gasteiger partial charge on any atom is 0.252 e. The molecule has 0 fully saturated rings. The molecule has 2 rings (SSSR count). The molecule has 0 saturated heterocycles. The summed E-state index contributed by atoms with van der Waals surface area (Å²) in [6.07, 6.45) is 1.89. The summed E-state index contributed by atoms with van der Waals surface area (Å²) in [7, 11) is 1.58. The molecule has 0 atom stereocenters. The van der Waals surface area contributed by atoms with Crippen LogP contribution in [-0.2, 0) is 13.5 Å². The molecule has 1 heterocycles. The first-order chi connectivity index (χ1) is 9.58. The number of aryl methyl sites for hydroxylation is 1. The third-order valence-electron chi connectivity index (χ3n) is 2.99. The molecular weight excluding hydrogens is 259 g/mol. The summed E-state index contributed by atoms with van der Waals surface area (Å²) in [6.45, 7) is 0.336. The summed E-state index contributed by atoms with van der Waals surface area (Å²) in [5.41, 5.74) is 0.793. The fraction of sp³-hybridized carbons (Fsp3) is 0.200. The zero-order valence-electron chi connectivity index (χ0n) is 11.1. The highest BCUT2D eigenvalue weighted by molar-refractivity contribution is 5.93. The first-order valence-corrected chi connectivity index (χ1v) is 6.26. The lowest BCUT2D eigenvalue weighted by Gasteiger charge is -2.07. The standard InChI is InChI=1S/C15H15FN2O2/c1-18-10-12(6-7-14(18)19)15(20)17-9-8-11-4-2-3-5-13(11)16/h2-7,10H,8-9H2,1H3,(H,17,20). The van der Waals surface area contributed by atoms with Crippen LogP contribution in [0.15, 0.2) is 47.4 Å². The van der Waals surface area contributed by atoms with Crippen molar-refractivity contribution in [3.63, 3.8) is 0 Å². The van der Waals surface area contributed by atoms with Crippen LogP contribution in [0.4, 0.5) is 4.39 Å². The zero-order valence-corrected chi connectivity index (χ0v) is 11.1. The second kappa shape index (κ2) is 6.14. The molecular formula is C15H15FN2O2. The van der Waals surface area contributed by atoms with E-state index in [2.05, 4.69) is 5.32 Å². The van der Waals surface area contributed by atoms with E-state index in [1.54, 1.807) is 25.2 Å². The van der Waals surface area contributed by atoms with Gasteiger partial charge in [-0.2, -0.15) is 0 Å². The number of carbonyl (C=O) groups is 1. The van der Waals surface area contributed by atoms with Gasteiger partial charge in [-0.25, -0.2) is 4.39 Å². The van der Waals surface area contributed by atoms with Gasteiger partial charge in [-0.1, -0.05) is 18.2 Å². The van der Waals surface area contributed by atoms with Crippen LogP contribution in [0.3, 0.4) is 0 Å². The van der Waals surface area contributed by atoms with Gasteiger partial charge >= 0.3 is 0 Å².